The summed E-state index contributed by atoms with van der Waals surface area (Å²) in [6.07, 6.45) is 4.48. The Morgan fingerprint density at radius 3 is 2.81 bits per heavy atom. The molecule has 21 heavy (non-hydrogen) atoms. The number of carbonyl (C=O) groups is 1. The third kappa shape index (κ3) is 4.70. The molecule has 1 aliphatic rings. The minimum absolute atomic E-state index is 0.0773. The summed E-state index contributed by atoms with van der Waals surface area (Å²) in [6, 6.07) is 1.78. The number of hydrogen-bond acceptors (Lipinski definition) is 3. The molecule has 1 fully saturated rings. The number of aryl methyl sites for hydroxylation is 1. The van der Waals surface area contributed by atoms with Gasteiger partial charge in [0.25, 0.3) is 5.91 Å². The summed E-state index contributed by atoms with van der Waals surface area (Å²) in [5.41, 5.74) is 2.82. The van der Waals surface area contributed by atoms with Crippen LogP contribution >= 0.6 is 0 Å². The average molecular weight is 290 g/mol. The van der Waals surface area contributed by atoms with Crippen molar-refractivity contribution >= 4 is 5.91 Å². The summed E-state index contributed by atoms with van der Waals surface area (Å²) >= 11 is 0. The van der Waals surface area contributed by atoms with Crippen LogP contribution in [0.2, 0.25) is 0 Å². The maximum absolute atomic E-state index is 11.9. The Morgan fingerprint density at radius 2 is 2.24 bits per heavy atom. The van der Waals surface area contributed by atoms with Crippen LogP contribution in [0.25, 0.3) is 0 Å². The van der Waals surface area contributed by atoms with Gasteiger partial charge in [-0.2, -0.15) is 5.10 Å². The molecule has 0 bridgehead atoms. The first-order valence-corrected chi connectivity index (χ1v) is 7.73. The predicted molar refractivity (Wildman–Crippen MR) is 84.3 cm³/mol. The molecule has 0 radical (unpaired) electrons. The molecule has 2 heterocycles. The smallest absolute Gasteiger partial charge is 0.271 e. The summed E-state index contributed by atoms with van der Waals surface area (Å²) in [7, 11) is 0. The van der Waals surface area contributed by atoms with Crippen molar-refractivity contribution in [1.82, 2.24) is 20.4 Å². The van der Waals surface area contributed by atoms with E-state index in [1.54, 1.807) is 6.07 Å². The molecule has 1 aromatic rings. The SMILES string of the molecule is C/C=C(\C)CN1CCC(CNC(=O)c2cc(C)[nH]n2)CC1. The number of nitrogens with zero attached hydrogens (tertiary/aromatic N) is 2. The van der Waals surface area contributed by atoms with Crippen LogP contribution in [0.4, 0.5) is 0 Å². The minimum Gasteiger partial charge on any atom is -0.350 e. The molecule has 116 valence electrons. The zero-order valence-corrected chi connectivity index (χ0v) is 13.3. The van der Waals surface area contributed by atoms with E-state index in [2.05, 4.69) is 40.3 Å². The van der Waals surface area contributed by atoms with Gasteiger partial charge in [-0.15, -0.1) is 0 Å². The Kier molecular flexibility index (Phi) is 5.56. The third-order valence-corrected chi connectivity index (χ3v) is 4.16. The Labute approximate surface area is 126 Å². The van der Waals surface area contributed by atoms with Crippen molar-refractivity contribution in [2.75, 3.05) is 26.2 Å². The lowest BCUT2D eigenvalue weighted by Gasteiger charge is -2.32. The fraction of sp³-hybridized carbons (Fsp3) is 0.625. The lowest BCUT2D eigenvalue weighted by molar-refractivity contribution is 0.0932. The highest BCUT2D eigenvalue weighted by Gasteiger charge is 2.20. The van der Waals surface area contributed by atoms with Crippen molar-refractivity contribution < 1.29 is 4.79 Å². The molecule has 1 aliphatic heterocycles. The summed E-state index contributed by atoms with van der Waals surface area (Å²) < 4.78 is 0. The van der Waals surface area contributed by atoms with Crippen LogP contribution in [-0.2, 0) is 0 Å². The molecule has 0 aromatic carbocycles. The summed E-state index contributed by atoms with van der Waals surface area (Å²) in [6.45, 7) is 10.2. The molecule has 1 saturated heterocycles. The van der Waals surface area contributed by atoms with E-state index in [-0.39, 0.29) is 5.91 Å². The van der Waals surface area contributed by atoms with E-state index in [0.717, 1.165) is 44.7 Å². The van der Waals surface area contributed by atoms with E-state index in [1.807, 2.05) is 6.92 Å². The number of piperidine rings is 1. The van der Waals surface area contributed by atoms with E-state index in [1.165, 1.54) is 5.57 Å². The van der Waals surface area contributed by atoms with Gasteiger partial charge in [-0.1, -0.05) is 11.6 Å². The Hall–Kier alpha value is -1.62. The number of allylic oxidation sites excluding steroid dienone is 1. The van der Waals surface area contributed by atoms with Gasteiger partial charge in [-0.25, -0.2) is 0 Å². The molecule has 2 N–H and O–H groups in total. The highest BCUT2D eigenvalue weighted by Crippen LogP contribution is 2.17. The molecule has 5 nitrogen and oxygen atoms in total. The normalized spacial score (nSPS) is 18.0. The third-order valence-electron chi connectivity index (χ3n) is 4.16. The summed E-state index contributed by atoms with van der Waals surface area (Å²) in [4.78, 5) is 14.4. The lowest BCUT2D eigenvalue weighted by Crippen LogP contribution is -2.39. The topological polar surface area (TPSA) is 61.0 Å². The number of likely N-dealkylation sites (tertiary alicyclic amines) is 1. The molecule has 0 spiro atoms. The van der Waals surface area contributed by atoms with Crippen molar-refractivity contribution in [2.45, 2.75) is 33.6 Å². The number of amides is 1. The van der Waals surface area contributed by atoms with Crippen LogP contribution in [0.15, 0.2) is 17.7 Å². The van der Waals surface area contributed by atoms with Gasteiger partial charge in [0.1, 0.15) is 5.69 Å². The number of nitrogens with one attached hydrogen (secondary N) is 2. The van der Waals surface area contributed by atoms with Gasteiger partial charge < -0.3 is 5.32 Å². The minimum atomic E-state index is -0.0773. The van der Waals surface area contributed by atoms with Gasteiger partial charge in [-0.3, -0.25) is 14.8 Å². The van der Waals surface area contributed by atoms with Crippen molar-refractivity contribution in [2.24, 2.45) is 5.92 Å². The van der Waals surface area contributed by atoms with Gasteiger partial charge in [0.2, 0.25) is 0 Å². The van der Waals surface area contributed by atoms with Crippen LogP contribution in [0.5, 0.6) is 0 Å². The Balaban J connectivity index is 1.70. The molecular formula is C16H26N4O. The van der Waals surface area contributed by atoms with Crippen LogP contribution in [0, 0.1) is 12.8 Å². The van der Waals surface area contributed by atoms with Crippen molar-refractivity contribution in [1.29, 1.82) is 0 Å². The molecule has 0 saturated carbocycles. The second-order valence-electron chi connectivity index (χ2n) is 6.00. The van der Waals surface area contributed by atoms with E-state index >= 15 is 0 Å². The van der Waals surface area contributed by atoms with Gasteiger partial charge in [0.15, 0.2) is 0 Å². The quantitative estimate of drug-likeness (QED) is 0.817. The first-order chi connectivity index (χ1) is 10.1. The van der Waals surface area contributed by atoms with Crippen molar-refractivity contribution in [3.63, 3.8) is 0 Å². The van der Waals surface area contributed by atoms with Gasteiger partial charge >= 0.3 is 0 Å². The standard InChI is InChI=1S/C16H26N4O/c1-4-12(2)11-20-7-5-14(6-8-20)10-17-16(21)15-9-13(3)18-19-15/h4,9,14H,5-8,10-11H2,1-3H3,(H,17,21)(H,18,19)/b12-4+. The highest BCUT2D eigenvalue weighted by molar-refractivity contribution is 5.92. The number of aromatic amines is 1. The first-order valence-electron chi connectivity index (χ1n) is 7.73. The maximum atomic E-state index is 11.9. The number of H-pyrrole nitrogens is 1. The summed E-state index contributed by atoms with van der Waals surface area (Å²) in [5, 5.41) is 9.77. The maximum Gasteiger partial charge on any atom is 0.271 e. The fourth-order valence-electron chi connectivity index (χ4n) is 2.65. The van der Waals surface area contributed by atoms with Crippen molar-refractivity contribution in [3.05, 3.63) is 29.1 Å². The highest BCUT2D eigenvalue weighted by atomic mass is 16.1. The number of aromatic nitrogens is 2. The number of carbonyl (C=O) groups excluding carboxylic acids is 1. The predicted octanol–water partition coefficient (Wildman–Crippen LogP) is 2.13. The van der Waals surface area contributed by atoms with E-state index in [4.69, 9.17) is 0 Å². The van der Waals surface area contributed by atoms with Gasteiger partial charge in [0, 0.05) is 18.8 Å². The van der Waals surface area contributed by atoms with Crippen molar-refractivity contribution in [3.8, 4) is 0 Å². The zero-order valence-electron chi connectivity index (χ0n) is 13.3. The average Bonchev–Trinajstić information content (AvgIpc) is 2.92. The molecule has 1 amide bonds. The Bertz CT molecular complexity index is 498. The molecule has 1 aromatic heterocycles. The fourth-order valence-corrected chi connectivity index (χ4v) is 2.65. The van der Waals surface area contributed by atoms with Crippen LogP contribution in [-0.4, -0.2) is 47.2 Å². The number of rotatable bonds is 5. The van der Waals surface area contributed by atoms with Crippen LogP contribution < -0.4 is 5.32 Å². The van der Waals surface area contributed by atoms with E-state index in [9.17, 15) is 4.79 Å². The lowest BCUT2D eigenvalue weighted by atomic mass is 9.96. The number of hydrogen-bond donors (Lipinski definition) is 2. The van der Waals surface area contributed by atoms with E-state index < -0.39 is 0 Å². The van der Waals surface area contributed by atoms with Gasteiger partial charge in [-0.05, 0) is 58.7 Å². The molecule has 0 atom stereocenters. The molecule has 0 aliphatic carbocycles. The largest absolute Gasteiger partial charge is 0.350 e. The molecule has 0 unspecified atom stereocenters. The van der Waals surface area contributed by atoms with Crippen LogP contribution in [0.1, 0.15) is 42.9 Å². The second kappa shape index (κ2) is 7.41. The molecule has 2 rings (SSSR count). The van der Waals surface area contributed by atoms with Gasteiger partial charge in [0.05, 0.1) is 0 Å². The zero-order chi connectivity index (χ0) is 15.2. The van der Waals surface area contributed by atoms with Crippen LogP contribution in [0.3, 0.4) is 0 Å². The molecular weight excluding hydrogens is 264 g/mol. The van der Waals surface area contributed by atoms with E-state index in [0.29, 0.717) is 11.6 Å². The monoisotopic (exact) mass is 290 g/mol. The summed E-state index contributed by atoms with van der Waals surface area (Å²) in [5.74, 6) is 0.502. The second-order valence-corrected chi connectivity index (χ2v) is 6.00. The Morgan fingerprint density at radius 1 is 1.52 bits per heavy atom. The molecule has 5 heteroatoms. The first kappa shape index (κ1) is 15.8.